The van der Waals surface area contributed by atoms with Crippen LogP contribution in [0.1, 0.15) is 25.0 Å². The van der Waals surface area contributed by atoms with Gasteiger partial charge in [0.1, 0.15) is 0 Å². The fourth-order valence-electron chi connectivity index (χ4n) is 1.54. The highest BCUT2D eigenvalue weighted by Gasteiger charge is 2.13. The van der Waals surface area contributed by atoms with Crippen LogP contribution >= 0.6 is 0 Å². The van der Waals surface area contributed by atoms with Crippen LogP contribution in [-0.4, -0.2) is 18.2 Å². The topological polar surface area (TPSA) is 23.5 Å². The molecule has 0 aliphatic carbocycles. The van der Waals surface area contributed by atoms with Gasteiger partial charge in [-0.3, -0.25) is 0 Å². The summed E-state index contributed by atoms with van der Waals surface area (Å²) in [6.45, 7) is 4.14. The van der Waals surface area contributed by atoms with Crippen molar-refractivity contribution in [2.24, 2.45) is 0 Å². The molecular formula is C11H15NO. The van der Waals surface area contributed by atoms with Crippen LogP contribution in [0.3, 0.4) is 0 Å². The zero-order chi connectivity index (χ0) is 9.26. The van der Waals surface area contributed by atoms with Gasteiger partial charge in [0, 0.05) is 18.8 Å². The van der Waals surface area contributed by atoms with E-state index in [2.05, 4.69) is 17.0 Å². The molecule has 1 atom stereocenters. The Morgan fingerprint density at radius 3 is 2.23 bits per heavy atom. The maximum absolute atomic E-state index is 9.31. The van der Waals surface area contributed by atoms with Crippen molar-refractivity contribution in [3.8, 4) is 0 Å². The van der Waals surface area contributed by atoms with E-state index in [4.69, 9.17) is 0 Å². The molecular weight excluding hydrogens is 162 g/mol. The molecule has 1 aliphatic heterocycles. The van der Waals surface area contributed by atoms with Crippen LogP contribution in [0, 0.1) is 0 Å². The maximum atomic E-state index is 9.31. The molecule has 1 fully saturated rings. The molecule has 0 bridgehead atoms. The van der Waals surface area contributed by atoms with Gasteiger partial charge >= 0.3 is 0 Å². The molecule has 2 heteroatoms. The minimum Gasteiger partial charge on any atom is -0.389 e. The van der Waals surface area contributed by atoms with E-state index in [1.165, 1.54) is 25.2 Å². The molecule has 0 spiro atoms. The molecule has 2 nitrogen and oxygen atoms in total. The molecule has 1 heterocycles. The first-order valence-corrected chi connectivity index (χ1v) is 4.80. The molecule has 1 aromatic carbocycles. The number of nitrogens with zero attached hydrogens (tertiary/aromatic N) is 1. The average Bonchev–Trinajstić information content (AvgIpc) is 2.02. The first-order valence-electron chi connectivity index (χ1n) is 4.80. The average molecular weight is 177 g/mol. The zero-order valence-electron chi connectivity index (χ0n) is 7.90. The van der Waals surface area contributed by atoms with E-state index in [-0.39, 0.29) is 6.10 Å². The lowest BCUT2D eigenvalue weighted by Crippen LogP contribution is -2.36. The summed E-state index contributed by atoms with van der Waals surface area (Å²) in [6, 6.07) is 8.17. The summed E-state index contributed by atoms with van der Waals surface area (Å²) in [7, 11) is 0. The predicted molar refractivity (Wildman–Crippen MR) is 53.9 cm³/mol. The van der Waals surface area contributed by atoms with Gasteiger partial charge in [-0.05, 0) is 31.0 Å². The van der Waals surface area contributed by atoms with Crippen LogP contribution in [0.25, 0.3) is 0 Å². The van der Waals surface area contributed by atoms with E-state index in [0.29, 0.717) is 0 Å². The van der Waals surface area contributed by atoms with Crippen LogP contribution < -0.4 is 4.90 Å². The van der Waals surface area contributed by atoms with Gasteiger partial charge in [0.2, 0.25) is 0 Å². The minimum absolute atomic E-state index is 0.356. The van der Waals surface area contributed by atoms with Gasteiger partial charge in [-0.1, -0.05) is 12.1 Å². The number of rotatable bonds is 2. The van der Waals surface area contributed by atoms with Crippen molar-refractivity contribution >= 4 is 5.69 Å². The Morgan fingerprint density at radius 2 is 1.85 bits per heavy atom. The Kier molecular flexibility index (Phi) is 2.23. The van der Waals surface area contributed by atoms with E-state index in [1.54, 1.807) is 6.92 Å². The van der Waals surface area contributed by atoms with Crippen molar-refractivity contribution in [2.45, 2.75) is 19.4 Å². The van der Waals surface area contributed by atoms with E-state index in [0.717, 1.165) is 5.56 Å². The van der Waals surface area contributed by atoms with E-state index < -0.39 is 0 Å². The van der Waals surface area contributed by atoms with Crippen molar-refractivity contribution < 1.29 is 5.11 Å². The number of benzene rings is 1. The van der Waals surface area contributed by atoms with Crippen LogP contribution in [-0.2, 0) is 0 Å². The number of hydrogen-bond acceptors (Lipinski definition) is 2. The maximum Gasteiger partial charge on any atom is 0.0761 e. The van der Waals surface area contributed by atoms with Crippen molar-refractivity contribution in [2.75, 3.05) is 18.0 Å². The monoisotopic (exact) mass is 177 g/mol. The summed E-state index contributed by atoms with van der Waals surface area (Å²) in [5, 5.41) is 9.31. The fourth-order valence-corrected chi connectivity index (χ4v) is 1.54. The zero-order valence-corrected chi connectivity index (χ0v) is 7.90. The van der Waals surface area contributed by atoms with Crippen LogP contribution in [0.15, 0.2) is 24.3 Å². The number of anilines is 1. The molecule has 0 saturated carbocycles. The number of hydrogen-bond donors (Lipinski definition) is 1. The summed E-state index contributed by atoms with van der Waals surface area (Å²) in [6.07, 6.45) is 0.948. The van der Waals surface area contributed by atoms with Crippen molar-refractivity contribution in [1.29, 1.82) is 0 Å². The largest absolute Gasteiger partial charge is 0.389 e. The third kappa shape index (κ3) is 1.68. The lowest BCUT2D eigenvalue weighted by Gasteiger charge is -2.33. The fraction of sp³-hybridized carbons (Fsp3) is 0.455. The van der Waals surface area contributed by atoms with Crippen LogP contribution in [0.4, 0.5) is 5.69 Å². The molecule has 1 saturated heterocycles. The standard InChI is InChI=1S/C11H15NO/c1-9(13)10-3-5-11(6-4-10)12-7-2-8-12/h3-6,9,13H,2,7-8H2,1H3/t9-/m1/s1. The summed E-state index contributed by atoms with van der Waals surface area (Å²) < 4.78 is 0. The lowest BCUT2D eigenvalue weighted by atomic mass is 10.1. The first kappa shape index (κ1) is 8.57. The van der Waals surface area contributed by atoms with Gasteiger partial charge in [-0.2, -0.15) is 0 Å². The van der Waals surface area contributed by atoms with Gasteiger partial charge in [0.15, 0.2) is 0 Å². The molecule has 0 amide bonds. The summed E-state index contributed by atoms with van der Waals surface area (Å²) in [5.74, 6) is 0. The molecule has 0 radical (unpaired) electrons. The SMILES string of the molecule is C[C@@H](O)c1ccc(N2CCC2)cc1. The second-order valence-electron chi connectivity index (χ2n) is 3.61. The molecule has 70 valence electrons. The molecule has 13 heavy (non-hydrogen) atoms. The minimum atomic E-state index is -0.356. The summed E-state index contributed by atoms with van der Waals surface area (Å²) >= 11 is 0. The Labute approximate surface area is 78.8 Å². The molecule has 0 unspecified atom stereocenters. The smallest absolute Gasteiger partial charge is 0.0761 e. The highest BCUT2D eigenvalue weighted by Crippen LogP contribution is 2.22. The Bertz CT molecular complexity index is 275. The van der Waals surface area contributed by atoms with Gasteiger partial charge in [-0.15, -0.1) is 0 Å². The normalized spacial score (nSPS) is 18.2. The third-order valence-electron chi connectivity index (χ3n) is 2.60. The molecule has 1 N–H and O–H groups in total. The Balaban J connectivity index is 2.13. The molecule has 0 aromatic heterocycles. The highest BCUT2D eigenvalue weighted by atomic mass is 16.3. The number of aliphatic hydroxyl groups excluding tert-OH is 1. The van der Waals surface area contributed by atoms with Crippen molar-refractivity contribution in [3.05, 3.63) is 29.8 Å². The van der Waals surface area contributed by atoms with Crippen molar-refractivity contribution in [1.82, 2.24) is 0 Å². The van der Waals surface area contributed by atoms with Gasteiger partial charge in [-0.25, -0.2) is 0 Å². The lowest BCUT2D eigenvalue weighted by molar-refractivity contribution is 0.199. The summed E-state index contributed by atoms with van der Waals surface area (Å²) in [4.78, 5) is 2.34. The second kappa shape index (κ2) is 3.38. The highest BCUT2D eigenvalue weighted by molar-refractivity contribution is 5.49. The van der Waals surface area contributed by atoms with Crippen LogP contribution in [0.5, 0.6) is 0 Å². The van der Waals surface area contributed by atoms with E-state index in [9.17, 15) is 5.11 Å². The van der Waals surface area contributed by atoms with Crippen molar-refractivity contribution in [3.63, 3.8) is 0 Å². The van der Waals surface area contributed by atoms with Crippen LogP contribution in [0.2, 0.25) is 0 Å². The second-order valence-corrected chi connectivity index (χ2v) is 3.61. The van der Waals surface area contributed by atoms with Gasteiger partial charge in [0.05, 0.1) is 6.10 Å². The predicted octanol–water partition coefficient (Wildman–Crippen LogP) is 1.95. The number of aliphatic hydroxyl groups is 1. The molecule has 1 aromatic rings. The Morgan fingerprint density at radius 1 is 1.23 bits per heavy atom. The molecule has 1 aliphatic rings. The summed E-state index contributed by atoms with van der Waals surface area (Å²) in [5.41, 5.74) is 2.26. The van der Waals surface area contributed by atoms with Gasteiger partial charge < -0.3 is 10.0 Å². The quantitative estimate of drug-likeness (QED) is 0.746. The Hall–Kier alpha value is -1.02. The third-order valence-corrected chi connectivity index (χ3v) is 2.60. The van der Waals surface area contributed by atoms with E-state index >= 15 is 0 Å². The molecule has 2 rings (SSSR count). The van der Waals surface area contributed by atoms with E-state index in [1.807, 2.05) is 12.1 Å². The van der Waals surface area contributed by atoms with Gasteiger partial charge in [0.25, 0.3) is 0 Å². The first-order chi connectivity index (χ1) is 6.27.